The number of aromatic nitrogens is 3. The summed E-state index contributed by atoms with van der Waals surface area (Å²) >= 11 is 0. The van der Waals surface area contributed by atoms with E-state index in [0.717, 1.165) is 12.1 Å². The number of fused-ring (bicyclic) bond motifs is 1. The van der Waals surface area contributed by atoms with E-state index >= 15 is 0 Å². The van der Waals surface area contributed by atoms with E-state index in [-0.39, 0.29) is 5.69 Å². The van der Waals surface area contributed by atoms with E-state index in [9.17, 15) is 13.6 Å². The van der Waals surface area contributed by atoms with Gasteiger partial charge in [-0.1, -0.05) is 6.07 Å². The molecule has 0 radical (unpaired) electrons. The lowest BCUT2D eigenvalue weighted by Crippen LogP contribution is -2.13. The van der Waals surface area contributed by atoms with Crippen molar-refractivity contribution >= 4 is 16.9 Å². The van der Waals surface area contributed by atoms with Gasteiger partial charge < -0.3 is 5.73 Å². The Balaban J connectivity index is 2.28. The second-order valence-electron chi connectivity index (χ2n) is 4.30. The molecule has 0 aliphatic heterocycles. The Morgan fingerprint density at radius 3 is 2.62 bits per heavy atom. The van der Waals surface area contributed by atoms with Crippen molar-refractivity contribution in [2.75, 3.05) is 0 Å². The number of rotatable bonds is 2. The quantitative estimate of drug-likeness (QED) is 0.781. The number of hydrogen-bond acceptors (Lipinski definition) is 4. The summed E-state index contributed by atoms with van der Waals surface area (Å²) in [6, 6.07) is 3.44. The smallest absolute Gasteiger partial charge is 0.268 e. The number of benzene rings is 1. The molecule has 0 unspecified atom stereocenters. The predicted octanol–water partition coefficient (Wildman–Crippen LogP) is 2.07. The molecule has 0 saturated carbocycles. The van der Waals surface area contributed by atoms with Crippen LogP contribution in [0.2, 0.25) is 0 Å². The van der Waals surface area contributed by atoms with E-state index in [0.29, 0.717) is 22.2 Å². The molecule has 0 aliphatic carbocycles. The van der Waals surface area contributed by atoms with Crippen LogP contribution in [0.25, 0.3) is 22.2 Å². The molecule has 1 amide bonds. The topological polar surface area (TPSA) is 81.8 Å². The Morgan fingerprint density at radius 1 is 1.10 bits per heavy atom. The molecule has 0 spiro atoms. The molecule has 0 aliphatic rings. The minimum atomic E-state index is -0.983. The van der Waals surface area contributed by atoms with Crippen LogP contribution in [-0.4, -0.2) is 20.9 Å². The molecule has 3 rings (SSSR count). The van der Waals surface area contributed by atoms with E-state index in [1.807, 2.05) is 0 Å². The van der Waals surface area contributed by atoms with E-state index in [4.69, 9.17) is 5.73 Å². The van der Waals surface area contributed by atoms with Gasteiger partial charge in [0, 0.05) is 11.8 Å². The van der Waals surface area contributed by atoms with Crippen molar-refractivity contribution in [2.24, 2.45) is 5.73 Å². The van der Waals surface area contributed by atoms with E-state index in [1.54, 1.807) is 0 Å². The second kappa shape index (κ2) is 4.86. The molecule has 2 aromatic heterocycles. The third-order valence-corrected chi connectivity index (χ3v) is 2.94. The number of halogens is 2. The minimum absolute atomic E-state index is 0.0162. The van der Waals surface area contributed by atoms with Crippen molar-refractivity contribution in [3.8, 4) is 11.1 Å². The van der Waals surface area contributed by atoms with Gasteiger partial charge in [-0.15, -0.1) is 0 Å². The molecule has 2 N–H and O–H groups in total. The summed E-state index contributed by atoms with van der Waals surface area (Å²) < 4.78 is 26.4. The average molecular weight is 286 g/mol. The molecule has 104 valence electrons. The molecule has 21 heavy (non-hydrogen) atoms. The maximum atomic E-state index is 13.4. The highest BCUT2D eigenvalue weighted by atomic mass is 19.2. The zero-order valence-electron chi connectivity index (χ0n) is 10.5. The first kappa shape index (κ1) is 13.0. The lowest BCUT2D eigenvalue weighted by atomic mass is 10.1. The van der Waals surface area contributed by atoms with Gasteiger partial charge in [0.2, 0.25) is 0 Å². The van der Waals surface area contributed by atoms with Gasteiger partial charge in [0.25, 0.3) is 5.91 Å². The lowest BCUT2D eigenvalue weighted by Gasteiger charge is -2.06. The normalized spacial score (nSPS) is 10.8. The van der Waals surface area contributed by atoms with Crippen LogP contribution in [0.15, 0.2) is 36.8 Å². The molecule has 7 heteroatoms. The van der Waals surface area contributed by atoms with Crippen molar-refractivity contribution in [1.29, 1.82) is 0 Å². The third-order valence-electron chi connectivity index (χ3n) is 2.94. The first-order chi connectivity index (χ1) is 10.1. The van der Waals surface area contributed by atoms with Crippen molar-refractivity contribution in [2.45, 2.75) is 0 Å². The number of nitrogens with zero attached hydrogens (tertiary/aromatic N) is 3. The van der Waals surface area contributed by atoms with Gasteiger partial charge in [-0.25, -0.2) is 13.8 Å². The van der Waals surface area contributed by atoms with Crippen molar-refractivity contribution in [1.82, 2.24) is 15.0 Å². The van der Waals surface area contributed by atoms with Crippen LogP contribution in [0.5, 0.6) is 0 Å². The summed E-state index contributed by atoms with van der Waals surface area (Å²) in [5.74, 6) is -2.66. The first-order valence-corrected chi connectivity index (χ1v) is 5.92. The number of nitrogens with two attached hydrogens (primary N) is 1. The number of amides is 1. The molecule has 2 heterocycles. The average Bonchev–Trinajstić information content (AvgIpc) is 2.49. The van der Waals surface area contributed by atoms with Crippen LogP contribution in [0, 0.1) is 11.6 Å². The van der Waals surface area contributed by atoms with Gasteiger partial charge in [0.15, 0.2) is 11.6 Å². The van der Waals surface area contributed by atoms with Crippen LogP contribution in [0.3, 0.4) is 0 Å². The fourth-order valence-electron chi connectivity index (χ4n) is 1.93. The Hall–Kier alpha value is -2.96. The standard InChI is InChI=1S/C14H8F2N4O/c15-9-2-1-7(3-10(9)16)8-4-18-5-11-13(8)20-12(6-19-11)14(17)21/h1-6H,(H2,17,21). The highest BCUT2D eigenvalue weighted by molar-refractivity contribution is 5.95. The van der Waals surface area contributed by atoms with E-state index in [2.05, 4.69) is 15.0 Å². The molecule has 1 aromatic carbocycles. The summed E-state index contributed by atoms with van der Waals surface area (Å²) in [5, 5.41) is 0. The molecular formula is C14H8F2N4O. The van der Waals surface area contributed by atoms with Gasteiger partial charge in [0.05, 0.1) is 12.4 Å². The Bertz CT molecular complexity index is 867. The molecular weight excluding hydrogens is 278 g/mol. The highest BCUT2D eigenvalue weighted by Gasteiger charge is 2.12. The van der Waals surface area contributed by atoms with Crippen LogP contribution >= 0.6 is 0 Å². The predicted molar refractivity (Wildman–Crippen MR) is 71.2 cm³/mol. The molecule has 5 nitrogen and oxygen atoms in total. The molecule has 0 fully saturated rings. The Kier molecular flexibility index (Phi) is 3.02. The van der Waals surface area contributed by atoms with Crippen molar-refractivity contribution in [3.63, 3.8) is 0 Å². The summed E-state index contributed by atoms with van der Waals surface area (Å²) in [4.78, 5) is 23.3. The largest absolute Gasteiger partial charge is 0.364 e. The molecule has 0 atom stereocenters. The van der Waals surface area contributed by atoms with Gasteiger partial charge in [-0.3, -0.25) is 14.8 Å². The van der Waals surface area contributed by atoms with E-state index < -0.39 is 17.5 Å². The van der Waals surface area contributed by atoms with Crippen LogP contribution < -0.4 is 5.73 Å². The fourth-order valence-corrected chi connectivity index (χ4v) is 1.93. The zero-order chi connectivity index (χ0) is 15.0. The fraction of sp³-hybridized carbons (Fsp3) is 0. The van der Waals surface area contributed by atoms with Gasteiger partial charge in [0.1, 0.15) is 16.7 Å². The SMILES string of the molecule is NC(=O)c1cnc2cncc(-c3ccc(F)c(F)c3)c2n1. The zero-order valence-corrected chi connectivity index (χ0v) is 10.5. The summed E-state index contributed by atoms with van der Waals surface area (Å²) in [5.41, 5.74) is 6.72. The summed E-state index contributed by atoms with van der Waals surface area (Å²) in [7, 11) is 0. The van der Waals surface area contributed by atoms with Gasteiger partial charge in [-0.2, -0.15) is 0 Å². The highest BCUT2D eigenvalue weighted by Crippen LogP contribution is 2.26. The Morgan fingerprint density at radius 2 is 1.90 bits per heavy atom. The summed E-state index contributed by atoms with van der Waals surface area (Å²) in [6.07, 6.45) is 4.13. The monoisotopic (exact) mass is 286 g/mol. The summed E-state index contributed by atoms with van der Waals surface area (Å²) in [6.45, 7) is 0. The molecule has 0 saturated heterocycles. The second-order valence-corrected chi connectivity index (χ2v) is 4.30. The number of hydrogen-bond donors (Lipinski definition) is 1. The first-order valence-electron chi connectivity index (χ1n) is 5.92. The Labute approximate surface area is 117 Å². The van der Waals surface area contributed by atoms with Crippen LogP contribution in [-0.2, 0) is 0 Å². The van der Waals surface area contributed by atoms with Gasteiger partial charge >= 0.3 is 0 Å². The molecule has 0 bridgehead atoms. The van der Waals surface area contributed by atoms with Gasteiger partial charge in [-0.05, 0) is 17.7 Å². The number of primary amides is 1. The van der Waals surface area contributed by atoms with Crippen molar-refractivity contribution in [3.05, 3.63) is 54.1 Å². The maximum Gasteiger partial charge on any atom is 0.268 e. The maximum absolute atomic E-state index is 13.4. The lowest BCUT2D eigenvalue weighted by molar-refractivity contribution is 0.0995. The van der Waals surface area contributed by atoms with E-state index in [1.165, 1.54) is 24.7 Å². The number of pyridine rings is 1. The minimum Gasteiger partial charge on any atom is -0.364 e. The number of carbonyl (C=O) groups excluding carboxylic acids is 1. The third kappa shape index (κ3) is 2.29. The van der Waals surface area contributed by atoms with Crippen molar-refractivity contribution < 1.29 is 13.6 Å². The van der Waals surface area contributed by atoms with Crippen LogP contribution in [0.1, 0.15) is 10.5 Å². The number of carbonyl (C=O) groups is 1. The molecule has 3 aromatic rings. The van der Waals surface area contributed by atoms with Crippen LogP contribution in [0.4, 0.5) is 8.78 Å².